The molecule has 0 fully saturated rings. The van der Waals surface area contributed by atoms with Crippen molar-refractivity contribution in [1.82, 2.24) is 9.97 Å². The average Bonchev–Trinajstić information content (AvgIpc) is 2.45. The second-order valence-corrected chi connectivity index (χ2v) is 5.11. The van der Waals surface area contributed by atoms with Gasteiger partial charge in [-0.2, -0.15) is 18.2 Å². The van der Waals surface area contributed by atoms with E-state index in [0.29, 0.717) is 18.1 Å². The van der Waals surface area contributed by atoms with Crippen LogP contribution in [0.4, 0.5) is 30.6 Å². The van der Waals surface area contributed by atoms with Crippen molar-refractivity contribution in [3.8, 4) is 0 Å². The molecule has 0 spiro atoms. The van der Waals surface area contributed by atoms with E-state index < -0.39 is 11.7 Å². The lowest BCUT2D eigenvalue weighted by Crippen LogP contribution is -2.08. The number of aryl methyl sites for hydroxylation is 1. The molecule has 0 atom stereocenters. The first kappa shape index (κ1) is 17.1. The summed E-state index contributed by atoms with van der Waals surface area (Å²) in [5, 5.41) is 5.39. The standard InChI is InChI=1S/C15H14ClF3N4/c1-3-6-20-13-7-9(2)21-14(23-13)22-10-4-5-12(16)11(8-10)15(17,18)19/h3-5,7-8H,1,6H2,2H3,(H2,20,21,22,23). The summed E-state index contributed by atoms with van der Waals surface area (Å²) in [5.41, 5.74) is -0.0529. The fourth-order valence-electron chi connectivity index (χ4n) is 1.84. The number of hydrogen-bond donors (Lipinski definition) is 2. The van der Waals surface area contributed by atoms with Crippen LogP contribution in [0.3, 0.4) is 0 Å². The molecule has 1 aromatic carbocycles. The average molecular weight is 343 g/mol. The summed E-state index contributed by atoms with van der Waals surface area (Å²) in [6.45, 7) is 5.86. The summed E-state index contributed by atoms with van der Waals surface area (Å²) >= 11 is 5.59. The molecule has 0 bridgehead atoms. The van der Waals surface area contributed by atoms with Crippen molar-refractivity contribution in [3.63, 3.8) is 0 Å². The number of halogens is 4. The summed E-state index contributed by atoms with van der Waals surface area (Å²) in [7, 11) is 0. The van der Waals surface area contributed by atoms with E-state index in [1.807, 2.05) is 0 Å². The SMILES string of the molecule is C=CCNc1cc(C)nc(Nc2ccc(Cl)c(C(F)(F)F)c2)n1. The predicted octanol–water partition coefficient (Wildman–Crippen LogP) is 4.80. The van der Waals surface area contributed by atoms with Gasteiger partial charge in [-0.05, 0) is 25.1 Å². The molecule has 0 amide bonds. The second-order valence-electron chi connectivity index (χ2n) is 4.71. The summed E-state index contributed by atoms with van der Waals surface area (Å²) in [5.74, 6) is 0.733. The number of aromatic nitrogens is 2. The van der Waals surface area contributed by atoms with E-state index in [4.69, 9.17) is 11.6 Å². The van der Waals surface area contributed by atoms with Crippen LogP contribution < -0.4 is 10.6 Å². The Morgan fingerprint density at radius 1 is 1.26 bits per heavy atom. The third-order valence-electron chi connectivity index (χ3n) is 2.81. The highest BCUT2D eigenvalue weighted by Gasteiger charge is 2.33. The Balaban J connectivity index is 2.28. The van der Waals surface area contributed by atoms with Gasteiger partial charge in [-0.1, -0.05) is 17.7 Å². The molecule has 0 unspecified atom stereocenters. The van der Waals surface area contributed by atoms with Gasteiger partial charge >= 0.3 is 6.18 Å². The Kier molecular flexibility index (Phi) is 5.10. The lowest BCUT2D eigenvalue weighted by atomic mass is 10.2. The van der Waals surface area contributed by atoms with Gasteiger partial charge in [0.15, 0.2) is 0 Å². The van der Waals surface area contributed by atoms with Crippen LogP contribution in [0.5, 0.6) is 0 Å². The van der Waals surface area contributed by atoms with Gasteiger partial charge in [0.2, 0.25) is 5.95 Å². The van der Waals surface area contributed by atoms with E-state index in [9.17, 15) is 13.2 Å². The Morgan fingerprint density at radius 2 is 2.00 bits per heavy atom. The molecule has 23 heavy (non-hydrogen) atoms. The highest BCUT2D eigenvalue weighted by atomic mass is 35.5. The zero-order valence-corrected chi connectivity index (χ0v) is 13.0. The Bertz CT molecular complexity index is 716. The van der Waals surface area contributed by atoms with Crippen molar-refractivity contribution in [2.45, 2.75) is 13.1 Å². The van der Waals surface area contributed by atoms with E-state index in [2.05, 4.69) is 27.2 Å². The molecule has 1 aromatic heterocycles. The van der Waals surface area contributed by atoms with Crippen LogP contribution >= 0.6 is 11.6 Å². The fraction of sp³-hybridized carbons (Fsp3) is 0.200. The zero-order chi connectivity index (χ0) is 17.0. The summed E-state index contributed by atoms with van der Waals surface area (Å²) in [6.07, 6.45) is -2.86. The number of hydrogen-bond acceptors (Lipinski definition) is 4. The van der Waals surface area contributed by atoms with Crippen molar-refractivity contribution in [3.05, 3.63) is 53.2 Å². The molecule has 0 aliphatic rings. The van der Waals surface area contributed by atoms with Gasteiger partial charge in [-0.15, -0.1) is 6.58 Å². The van der Waals surface area contributed by atoms with Crippen molar-refractivity contribution >= 4 is 29.1 Å². The van der Waals surface area contributed by atoms with E-state index >= 15 is 0 Å². The van der Waals surface area contributed by atoms with Crippen molar-refractivity contribution < 1.29 is 13.2 Å². The first-order valence-electron chi connectivity index (χ1n) is 6.64. The molecule has 0 aliphatic heterocycles. The smallest absolute Gasteiger partial charge is 0.366 e. The van der Waals surface area contributed by atoms with Gasteiger partial charge in [0, 0.05) is 24.0 Å². The minimum atomic E-state index is -4.53. The van der Waals surface area contributed by atoms with E-state index in [-0.39, 0.29) is 16.7 Å². The number of rotatable bonds is 5. The van der Waals surface area contributed by atoms with Gasteiger partial charge in [0.25, 0.3) is 0 Å². The molecular formula is C15H14ClF3N4. The molecule has 0 saturated heterocycles. The van der Waals surface area contributed by atoms with Crippen LogP contribution in [0.1, 0.15) is 11.3 Å². The van der Waals surface area contributed by atoms with Gasteiger partial charge < -0.3 is 10.6 Å². The van der Waals surface area contributed by atoms with E-state index in [1.54, 1.807) is 19.1 Å². The molecule has 2 aromatic rings. The topological polar surface area (TPSA) is 49.8 Å². The fourth-order valence-corrected chi connectivity index (χ4v) is 2.07. The summed E-state index contributed by atoms with van der Waals surface area (Å²) in [6, 6.07) is 5.25. The molecule has 8 heteroatoms. The Hall–Kier alpha value is -2.28. The van der Waals surface area contributed by atoms with Crippen LogP contribution in [-0.2, 0) is 6.18 Å². The molecule has 0 saturated carbocycles. The quantitative estimate of drug-likeness (QED) is 0.766. The number of nitrogens with one attached hydrogen (secondary N) is 2. The molecule has 0 radical (unpaired) electrons. The normalized spacial score (nSPS) is 11.2. The van der Waals surface area contributed by atoms with Crippen molar-refractivity contribution in [2.24, 2.45) is 0 Å². The maximum Gasteiger partial charge on any atom is 0.417 e. The predicted molar refractivity (Wildman–Crippen MR) is 85.2 cm³/mol. The maximum atomic E-state index is 12.9. The zero-order valence-electron chi connectivity index (χ0n) is 12.2. The number of alkyl halides is 3. The highest BCUT2D eigenvalue weighted by molar-refractivity contribution is 6.31. The van der Waals surface area contributed by atoms with Crippen molar-refractivity contribution in [1.29, 1.82) is 0 Å². The van der Waals surface area contributed by atoms with Gasteiger partial charge in [0.1, 0.15) is 5.82 Å². The third kappa shape index (κ3) is 4.59. The van der Waals surface area contributed by atoms with Crippen LogP contribution in [0.2, 0.25) is 5.02 Å². The van der Waals surface area contributed by atoms with E-state index in [0.717, 1.165) is 6.07 Å². The second kappa shape index (κ2) is 6.87. The molecular weight excluding hydrogens is 329 g/mol. The Morgan fingerprint density at radius 3 is 2.65 bits per heavy atom. The first-order chi connectivity index (χ1) is 10.8. The Labute approximate surface area is 136 Å². The van der Waals surface area contributed by atoms with Crippen LogP contribution in [-0.4, -0.2) is 16.5 Å². The monoisotopic (exact) mass is 342 g/mol. The van der Waals surface area contributed by atoms with Gasteiger partial charge in [0.05, 0.1) is 10.6 Å². The number of nitrogens with zero attached hydrogens (tertiary/aromatic N) is 2. The first-order valence-corrected chi connectivity index (χ1v) is 7.01. The maximum absolute atomic E-state index is 12.9. The number of benzene rings is 1. The molecule has 2 rings (SSSR count). The van der Waals surface area contributed by atoms with Crippen LogP contribution in [0, 0.1) is 6.92 Å². The van der Waals surface area contributed by atoms with Crippen LogP contribution in [0.25, 0.3) is 0 Å². The lowest BCUT2D eigenvalue weighted by molar-refractivity contribution is -0.137. The van der Waals surface area contributed by atoms with Crippen molar-refractivity contribution in [2.75, 3.05) is 17.2 Å². The highest BCUT2D eigenvalue weighted by Crippen LogP contribution is 2.36. The number of anilines is 3. The lowest BCUT2D eigenvalue weighted by Gasteiger charge is -2.12. The molecule has 2 N–H and O–H groups in total. The third-order valence-corrected chi connectivity index (χ3v) is 3.14. The largest absolute Gasteiger partial charge is 0.417 e. The molecule has 1 heterocycles. The minimum Gasteiger partial charge on any atom is -0.366 e. The van der Waals surface area contributed by atoms with Gasteiger partial charge in [-0.3, -0.25) is 0 Å². The molecule has 122 valence electrons. The summed E-state index contributed by atoms with van der Waals surface area (Å²) in [4.78, 5) is 8.33. The van der Waals surface area contributed by atoms with Gasteiger partial charge in [-0.25, -0.2) is 4.98 Å². The van der Waals surface area contributed by atoms with E-state index in [1.165, 1.54) is 12.1 Å². The minimum absolute atomic E-state index is 0.187. The molecule has 4 nitrogen and oxygen atoms in total. The van der Waals surface area contributed by atoms with Crippen LogP contribution in [0.15, 0.2) is 36.9 Å². The summed E-state index contributed by atoms with van der Waals surface area (Å²) < 4.78 is 38.6. The molecule has 0 aliphatic carbocycles.